The molecule has 0 radical (unpaired) electrons. The Morgan fingerprint density at radius 1 is 0.949 bits per heavy atom. The summed E-state index contributed by atoms with van der Waals surface area (Å²) in [6.45, 7) is 4.96. The van der Waals surface area contributed by atoms with Gasteiger partial charge in [0.05, 0.1) is 5.56 Å². The second-order valence-electron chi connectivity index (χ2n) is 10.4. The third kappa shape index (κ3) is 5.95. The van der Waals surface area contributed by atoms with Crippen LogP contribution in [0.25, 0.3) is 5.57 Å². The van der Waals surface area contributed by atoms with Gasteiger partial charge in [-0.1, -0.05) is 92.4 Å². The molecule has 0 aliphatic heterocycles. The molecule has 0 heterocycles. The summed E-state index contributed by atoms with van der Waals surface area (Å²) in [4.78, 5) is 11.1. The van der Waals surface area contributed by atoms with E-state index in [1.807, 2.05) is 36.4 Å². The minimum Gasteiger partial charge on any atom is -0.489 e. The summed E-state index contributed by atoms with van der Waals surface area (Å²) < 4.78 is 5.96. The number of aliphatic hydroxyl groups excluding tert-OH is 1. The van der Waals surface area contributed by atoms with E-state index in [9.17, 15) is 9.90 Å². The number of ether oxygens (including phenoxy) is 1. The summed E-state index contributed by atoms with van der Waals surface area (Å²) in [5.74, 6) is 5.70. The standard InChI is InChI=1S/C35H30O4/c1-35(2)21-20-30(26-13-16-29(17-14-26)39-23-25-6-4-3-5-7-25)31-18-15-28(22-32(31)35)33(36)19-10-24-8-11-27(12-9-24)34(37)38/h3-9,11-18,20,22,33,36H,21,23H2,1-2H3,(H,37,38). The topological polar surface area (TPSA) is 66.8 Å². The highest BCUT2D eigenvalue weighted by molar-refractivity contribution is 5.87. The van der Waals surface area contributed by atoms with Gasteiger partial charge in [0, 0.05) is 5.56 Å². The lowest BCUT2D eigenvalue weighted by Gasteiger charge is -2.33. The molecule has 4 aromatic rings. The molecule has 0 saturated heterocycles. The van der Waals surface area contributed by atoms with E-state index in [0.717, 1.165) is 34.4 Å². The highest BCUT2D eigenvalue weighted by Crippen LogP contribution is 2.42. The molecule has 2 N–H and O–H groups in total. The van der Waals surface area contributed by atoms with Gasteiger partial charge in [-0.05, 0) is 81.6 Å². The average molecular weight is 515 g/mol. The van der Waals surface area contributed by atoms with E-state index in [1.54, 1.807) is 12.1 Å². The van der Waals surface area contributed by atoms with Crippen molar-refractivity contribution in [3.63, 3.8) is 0 Å². The van der Waals surface area contributed by atoms with Crippen molar-refractivity contribution in [1.29, 1.82) is 0 Å². The highest BCUT2D eigenvalue weighted by Gasteiger charge is 2.29. The van der Waals surface area contributed by atoms with Crippen molar-refractivity contribution >= 4 is 11.5 Å². The lowest BCUT2D eigenvalue weighted by Crippen LogP contribution is -2.22. The molecule has 0 amide bonds. The first-order chi connectivity index (χ1) is 18.8. The molecule has 1 aliphatic rings. The smallest absolute Gasteiger partial charge is 0.335 e. The van der Waals surface area contributed by atoms with Gasteiger partial charge in [-0.3, -0.25) is 0 Å². The van der Waals surface area contributed by atoms with Crippen molar-refractivity contribution in [2.45, 2.75) is 38.4 Å². The summed E-state index contributed by atoms with van der Waals surface area (Å²) in [5, 5.41) is 19.9. The van der Waals surface area contributed by atoms with Crippen LogP contribution in [0.2, 0.25) is 0 Å². The van der Waals surface area contributed by atoms with Gasteiger partial charge in [-0.2, -0.15) is 0 Å². The minimum absolute atomic E-state index is 0.0899. The van der Waals surface area contributed by atoms with Gasteiger partial charge < -0.3 is 14.9 Å². The molecule has 1 unspecified atom stereocenters. The lowest BCUT2D eigenvalue weighted by molar-refractivity contribution is 0.0697. The number of aromatic carboxylic acids is 1. The Bertz CT molecular complexity index is 1570. The predicted octanol–water partition coefficient (Wildman–Crippen LogP) is 7.16. The van der Waals surface area contributed by atoms with E-state index in [2.05, 4.69) is 68.2 Å². The van der Waals surface area contributed by atoms with E-state index in [-0.39, 0.29) is 11.0 Å². The van der Waals surface area contributed by atoms with E-state index in [0.29, 0.717) is 12.2 Å². The SMILES string of the molecule is CC1(C)CC=C(c2ccc(OCc3ccccc3)cc2)c2ccc(C(O)C#Cc3ccc(C(=O)O)cc3)cc21. The van der Waals surface area contributed by atoms with Crippen molar-refractivity contribution in [2.75, 3.05) is 0 Å². The lowest BCUT2D eigenvalue weighted by atomic mass is 9.71. The average Bonchev–Trinajstić information content (AvgIpc) is 2.96. The Morgan fingerprint density at radius 2 is 1.67 bits per heavy atom. The molecule has 194 valence electrons. The number of aliphatic hydroxyl groups is 1. The molecule has 4 nitrogen and oxygen atoms in total. The number of benzene rings is 4. The quantitative estimate of drug-likeness (QED) is 0.268. The molecule has 39 heavy (non-hydrogen) atoms. The summed E-state index contributed by atoms with van der Waals surface area (Å²) in [7, 11) is 0. The van der Waals surface area contributed by atoms with Crippen molar-refractivity contribution in [2.24, 2.45) is 0 Å². The summed E-state index contributed by atoms with van der Waals surface area (Å²) >= 11 is 0. The number of rotatable bonds is 6. The number of allylic oxidation sites excluding steroid dienone is 1. The molecule has 0 spiro atoms. The first-order valence-electron chi connectivity index (χ1n) is 13.0. The number of carboxylic acids is 1. The van der Waals surface area contributed by atoms with Crippen LogP contribution >= 0.6 is 0 Å². The first-order valence-corrected chi connectivity index (χ1v) is 13.0. The van der Waals surface area contributed by atoms with Crippen LogP contribution < -0.4 is 4.74 Å². The Labute approximate surface area is 229 Å². The summed E-state index contributed by atoms with van der Waals surface area (Å²) in [6.07, 6.45) is 2.21. The van der Waals surface area contributed by atoms with Gasteiger partial charge >= 0.3 is 5.97 Å². The van der Waals surface area contributed by atoms with Crippen LogP contribution in [0.1, 0.15) is 70.1 Å². The zero-order valence-corrected chi connectivity index (χ0v) is 22.0. The summed E-state index contributed by atoms with van der Waals surface area (Å²) in [5.41, 5.74) is 7.25. The molecule has 1 atom stereocenters. The Balaban J connectivity index is 1.35. The van der Waals surface area contributed by atoms with Crippen molar-refractivity contribution in [3.05, 3.63) is 142 Å². The van der Waals surface area contributed by atoms with E-state index >= 15 is 0 Å². The maximum Gasteiger partial charge on any atom is 0.335 e. The largest absolute Gasteiger partial charge is 0.489 e. The van der Waals surface area contributed by atoms with Crippen LogP contribution in [0.3, 0.4) is 0 Å². The number of carbonyl (C=O) groups is 1. The zero-order chi connectivity index (χ0) is 27.4. The molecule has 0 fully saturated rings. The third-order valence-electron chi connectivity index (χ3n) is 7.09. The van der Waals surface area contributed by atoms with Crippen LogP contribution in [0.15, 0.2) is 103 Å². The fraction of sp³-hybridized carbons (Fsp3) is 0.171. The monoisotopic (exact) mass is 514 g/mol. The third-order valence-corrected chi connectivity index (χ3v) is 7.09. The second kappa shape index (κ2) is 11.0. The molecule has 0 saturated carbocycles. The Kier molecular flexibility index (Phi) is 7.36. The van der Waals surface area contributed by atoms with Gasteiger partial charge in [0.15, 0.2) is 0 Å². The van der Waals surface area contributed by atoms with Crippen molar-refractivity contribution in [1.82, 2.24) is 0 Å². The van der Waals surface area contributed by atoms with Gasteiger partial charge in [-0.25, -0.2) is 4.79 Å². The fourth-order valence-electron chi connectivity index (χ4n) is 4.78. The van der Waals surface area contributed by atoms with Crippen molar-refractivity contribution in [3.8, 4) is 17.6 Å². The van der Waals surface area contributed by atoms with Crippen LogP contribution in [0, 0.1) is 11.8 Å². The number of hydrogen-bond donors (Lipinski definition) is 2. The molecular weight excluding hydrogens is 484 g/mol. The number of carboxylic acid groups (broad SMARTS) is 1. The zero-order valence-electron chi connectivity index (χ0n) is 22.0. The van der Waals surface area contributed by atoms with E-state index in [1.165, 1.54) is 23.3 Å². The maximum atomic E-state index is 11.1. The molecular formula is C35H30O4. The van der Waals surface area contributed by atoms with Crippen LogP contribution in [0.5, 0.6) is 5.75 Å². The van der Waals surface area contributed by atoms with Crippen molar-refractivity contribution < 1.29 is 19.7 Å². The molecule has 5 rings (SSSR count). The predicted molar refractivity (Wildman–Crippen MR) is 154 cm³/mol. The molecule has 1 aliphatic carbocycles. The minimum atomic E-state index is -0.980. The first kappa shape index (κ1) is 26.0. The van der Waals surface area contributed by atoms with Gasteiger partial charge in [0.2, 0.25) is 0 Å². The fourth-order valence-corrected chi connectivity index (χ4v) is 4.78. The molecule has 0 bridgehead atoms. The summed E-state index contributed by atoms with van der Waals surface area (Å²) in [6, 6.07) is 30.7. The molecule has 0 aromatic heterocycles. The maximum absolute atomic E-state index is 11.1. The van der Waals surface area contributed by atoms with E-state index in [4.69, 9.17) is 9.84 Å². The Hall–Kier alpha value is -4.59. The second-order valence-corrected chi connectivity index (χ2v) is 10.4. The van der Waals surface area contributed by atoms with Crippen LogP contribution in [-0.2, 0) is 12.0 Å². The molecule has 4 heteroatoms. The highest BCUT2D eigenvalue weighted by atomic mass is 16.5. The molecule has 4 aromatic carbocycles. The van der Waals surface area contributed by atoms with Gasteiger partial charge in [0.25, 0.3) is 0 Å². The Morgan fingerprint density at radius 3 is 2.36 bits per heavy atom. The van der Waals surface area contributed by atoms with Gasteiger partial charge in [-0.15, -0.1) is 0 Å². The normalized spacial score (nSPS) is 14.3. The van der Waals surface area contributed by atoms with Crippen LogP contribution in [0.4, 0.5) is 0 Å². The number of hydrogen-bond acceptors (Lipinski definition) is 3. The van der Waals surface area contributed by atoms with Gasteiger partial charge in [0.1, 0.15) is 18.5 Å². The van der Waals surface area contributed by atoms with Crippen LogP contribution in [-0.4, -0.2) is 16.2 Å². The van der Waals surface area contributed by atoms with E-state index < -0.39 is 12.1 Å². The number of fused-ring (bicyclic) bond motifs is 1.